The van der Waals surface area contributed by atoms with E-state index in [1.165, 1.54) is 19.3 Å². The first kappa shape index (κ1) is 10.1. The second-order valence-corrected chi connectivity index (χ2v) is 6.60. The van der Waals surface area contributed by atoms with Crippen LogP contribution in [0.5, 0.6) is 0 Å². The Hall–Kier alpha value is -0.860. The van der Waals surface area contributed by atoms with Crippen molar-refractivity contribution in [1.82, 2.24) is 0 Å². The largest absolute Gasteiger partial charge is 0.393 e. The maximum atomic E-state index is 11.8. The molecule has 1 heterocycles. The quantitative estimate of drug-likeness (QED) is 0.475. The normalized spacial score (nSPS) is 55.7. The van der Waals surface area contributed by atoms with Gasteiger partial charge in [-0.15, -0.1) is 0 Å². The highest BCUT2D eigenvalue weighted by atomic mass is 16.6. The molecule has 0 aromatic rings. The Labute approximate surface area is 101 Å². The number of rotatable bonds is 0. The molecule has 1 saturated heterocycles. The molecule has 7 atom stereocenters. The maximum absolute atomic E-state index is 11.8. The summed E-state index contributed by atoms with van der Waals surface area (Å²) in [6, 6.07) is 0. The van der Waals surface area contributed by atoms with Crippen LogP contribution in [-0.2, 0) is 14.3 Å². The minimum absolute atomic E-state index is 0.0674. The van der Waals surface area contributed by atoms with Gasteiger partial charge in [0, 0.05) is 0 Å². The minimum atomic E-state index is -0.218. The smallest absolute Gasteiger partial charge is 0.317 e. The van der Waals surface area contributed by atoms with Gasteiger partial charge in [-0.2, -0.15) is 0 Å². The molecule has 3 nitrogen and oxygen atoms in total. The molecule has 0 N–H and O–H groups in total. The molecule has 4 aliphatic rings. The Morgan fingerprint density at radius 3 is 2.24 bits per heavy atom. The fourth-order valence-corrected chi connectivity index (χ4v) is 5.37. The highest BCUT2D eigenvalue weighted by Crippen LogP contribution is 2.64. The Bertz CT molecular complexity index is 402. The van der Waals surface area contributed by atoms with Crippen molar-refractivity contribution in [3.05, 3.63) is 0 Å². The summed E-state index contributed by atoms with van der Waals surface area (Å²) in [4.78, 5) is 23.5. The molecule has 3 saturated carbocycles. The van der Waals surface area contributed by atoms with E-state index in [0.717, 1.165) is 12.3 Å². The summed E-state index contributed by atoms with van der Waals surface area (Å²) in [6.07, 6.45) is 4.93. The van der Waals surface area contributed by atoms with E-state index >= 15 is 0 Å². The first-order valence-corrected chi connectivity index (χ1v) is 6.92. The predicted molar refractivity (Wildman–Crippen MR) is 59.7 cm³/mol. The molecule has 4 rings (SSSR count). The Morgan fingerprint density at radius 1 is 0.882 bits per heavy atom. The van der Waals surface area contributed by atoms with Gasteiger partial charge in [-0.3, -0.25) is 9.59 Å². The van der Waals surface area contributed by atoms with E-state index in [0.29, 0.717) is 23.7 Å². The zero-order chi connectivity index (χ0) is 11.7. The third kappa shape index (κ3) is 1.13. The first-order chi connectivity index (χ1) is 8.16. The van der Waals surface area contributed by atoms with Crippen LogP contribution in [0.15, 0.2) is 0 Å². The number of ether oxygens (including phenoxy) is 1. The molecule has 1 aliphatic heterocycles. The number of carbonyl (C=O) groups is 2. The fraction of sp³-hybridized carbons (Fsp3) is 0.857. The Balaban J connectivity index is 1.70. The van der Waals surface area contributed by atoms with Crippen molar-refractivity contribution in [2.24, 2.45) is 41.4 Å². The number of hydrogen-bond acceptors (Lipinski definition) is 3. The van der Waals surface area contributed by atoms with Gasteiger partial charge in [0.05, 0.1) is 11.8 Å². The van der Waals surface area contributed by atoms with Gasteiger partial charge in [0.1, 0.15) is 0 Å². The van der Waals surface area contributed by atoms with Crippen LogP contribution >= 0.6 is 0 Å². The highest BCUT2D eigenvalue weighted by Gasteiger charge is 2.66. The van der Waals surface area contributed by atoms with Crippen LogP contribution in [-0.4, -0.2) is 11.9 Å². The zero-order valence-corrected chi connectivity index (χ0v) is 10.1. The van der Waals surface area contributed by atoms with Gasteiger partial charge < -0.3 is 4.74 Å². The van der Waals surface area contributed by atoms with Gasteiger partial charge in [-0.05, 0) is 48.9 Å². The fourth-order valence-electron chi connectivity index (χ4n) is 5.37. The number of esters is 2. The van der Waals surface area contributed by atoms with Crippen LogP contribution in [0.4, 0.5) is 0 Å². The third-order valence-corrected chi connectivity index (χ3v) is 5.92. The molecule has 2 bridgehead atoms. The van der Waals surface area contributed by atoms with E-state index in [1.54, 1.807) is 0 Å². The Kier molecular flexibility index (Phi) is 1.85. The van der Waals surface area contributed by atoms with Crippen molar-refractivity contribution in [3.8, 4) is 0 Å². The first-order valence-electron chi connectivity index (χ1n) is 6.92. The molecular formula is C14H18O3. The summed E-state index contributed by atoms with van der Waals surface area (Å²) in [5, 5.41) is 0. The summed E-state index contributed by atoms with van der Waals surface area (Å²) >= 11 is 0. The SMILES string of the molecule is CC1CCC2C(C1)C1CC2C2C(=O)OC(=O)C12. The lowest BCUT2D eigenvalue weighted by Gasteiger charge is -2.40. The average Bonchev–Trinajstić information content (AvgIpc) is 2.90. The molecule has 3 heteroatoms. The Morgan fingerprint density at radius 2 is 1.53 bits per heavy atom. The van der Waals surface area contributed by atoms with E-state index in [2.05, 4.69) is 6.92 Å². The molecule has 4 fully saturated rings. The van der Waals surface area contributed by atoms with Gasteiger partial charge >= 0.3 is 11.9 Å². The number of cyclic esters (lactones) is 2. The van der Waals surface area contributed by atoms with Crippen molar-refractivity contribution < 1.29 is 14.3 Å². The summed E-state index contributed by atoms with van der Waals surface area (Å²) in [6.45, 7) is 2.32. The van der Waals surface area contributed by atoms with Gasteiger partial charge in [-0.1, -0.05) is 13.3 Å². The van der Waals surface area contributed by atoms with Gasteiger partial charge in [0.15, 0.2) is 0 Å². The molecule has 7 unspecified atom stereocenters. The van der Waals surface area contributed by atoms with Crippen molar-refractivity contribution in [1.29, 1.82) is 0 Å². The van der Waals surface area contributed by atoms with Crippen molar-refractivity contribution >= 4 is 11.9 Å². The topological polar surface area (TPSA) is 43.4 Å². The number of hydrogen-bond donors (Lipinski definition) is 0. The molecule has 0 aromatic heterocycles. The number of fused-ring (bicyclic) bond motifs is 8. The highest BCUT2D eigenvalue weighted by molar-refractivity contribution is 5.97. The maximum Gasteiger partial charge on any atom is 0.317 e. The molecule has 0 amide bonds. The van der Waals surface area contributed by atoms with Gasteiger partial charge in [0.25, 0.3) is 0 Å². The van der Waals surface area contributed by atoms with Crippen LogP contribution in [0.2, 0.25) is 0 Å². The van der Waals surface area contributed by atoms with Crippen LogP contribution in [0.3, 0.4) is 0 Å². The average molecular weight is 234 g/mol. The van der Waals surface area contributed by atoms with Crippen LogP contribution in [0.1, 0.15) is 32.6 Å². The second kappa shape index (κ2) is 3.12. The molecule has 0 aromatic carbocycles. The van der Waals surface area contributed by atoms with Crippen molar-refractivity contribution in [3.63, 3.8) is 0 Å². The lowest BCUT2D eigenvalue weighted by Crippen LogP contribution is -2.39. The molecular weight excluding hydrogens is 216 g/mol. The zero-order valence-electron chi connectivity index (χ0n) is 10.1. The molecule has 3 aliphatic carbocycles. The van der Waals surface area contributed by atoms with Gasteiger partial charge in [-0.25, -0.2) is 0 Å². The predicted octanol–water partition coefficient (Wildman–Crippen LogP) is 2.00. The van der Waals surface area contributed by atoms with Crippen molar-refractivity contribution in [2.75, 3.05) is 0 Å². The van der Waals surface area contributed by atoms with Crippen LogP contribution in [0, 0.1) is 41.4 Å². The molecule has 92 valence electrons. The monoisotopic (exact) mass is 234 g/mol. The van der Waals surface area contributed by atoms with Crippen LogP contribution < -0.4 is 0 Å². The van der Waals surface area contributed by atoms with E-state index in [4.69, 9.17) is 4.74 Å². The number of carbonyl (C=O) groups excluding carboxylic acids is 2. The van der Waals surface area contributed by atoms with E-state index in [1.807, 2.05) is 0 Å². The summed E-state index contributed by atoms with van der Waals surface area (Å²) < 4.78 is 4.86. The summed E-state index contributed by atoms with van der Waals surface area (Å²) in [5.74, 6) is 2.54. The molecule has 17 heavy (non-hydrogen) atoms. The van der Waals surface area contributed by atoms with E-state index in [9.17, 15) is 9.59 Å². The standard InChI is InChI=1S/C14H18O3/c1-6-2-3-7-8(4-6)10-5-9(7)11-12(10)14(16)17-13(11)15/h6-12H,2-5H2,1H3. The van der Waals surface area contributed by atoms with Gasteiger partial charge in [0.2, 0.25) is 0 Å². The van der Waals surface area contributed by atoms with Crippen LogP contribution in [0.25, 0.3) is 0 Å². The summed E-state index contributed by atoms with van der Waals surface area (Å²) in [5.41, 5.74) is 0. The van der Waals surface area contributed by atoms with E-state index < -0.39 is 0 Å². The second-order valence-electron chi connectivity index (χ2n) is 6.60. The van der Waals surface area contributed by atoms with E-state index in [-0.39, 0.29) is 23.8 Å². The minimum Gasteiger partial charge on any atom is -0.393 e. The molecule has 0 spiro atoms. The van der Waals surface area contributed by atoms with Crippen molar-refractivity contribution in [2.45, 2.75) is 32.6 Å². The summed E-state index contributed by atoms with van der Waals surface area (Å²) in [7, 11) is 0. The lowest BCUT2D eigenvalue weighted by molar-refractivity contribution is -0.154. The third-order valence-electron chi connectivity index (χ3n) is 5.92. The molecule has 0 radical (unpaired) electrons. The lowest BCUT2D eigenvalue weighted by atomic mass is 9.62.